The number of rotatable bonds is 3. The zero-order valence-corrected chi connectivity index (χ0v) is 15.2. The summed E-state index contributed by atoms with van der Waals surface area (Å²) in [6.45, 7) is 3.79. The zero-order valence-electron chi connectivity index (χ0n) is 13.6. The summed E-state index contributed by atoms with van der Waals surface area (Å²) in [5.41, 5.74) is 2.33. The summed E-state index contributed by atoms with van der Waals surface area (Å²) in [5, 5.41) is 4.67. The number of imidazole rings is 1. The summed E-state index contributed by atoms with van der Waals surface area (Å²) in [7, 11) is 2.06. The van der Waals surface area contributed by atoms with Gasteiger partial charge >= 0.3 is 0 Å². The summed E-state index contributed by atoms with van der Waals surface area (Å²) >= 11 is 3.64. The van der Waals surface area contributed by atoms with E-state index in [4.69, 9.17) is 0 Å². The van der Waals surface area contributed by atoms with Gasteiger partial charge in [0.2, 0.25) is 0 Å². The average Bonchev–Trinajstić information content (AvgIpc) is 3.01. The fourth-order valence-corrected chi connectivity index (χ4v) is 3.98. The van der Waals surface area contributed by atoms with Crippen LogP contribution in [0.25, 0.3) is 10.9 Å². The molecule has 3 heterocycles. The highest BCUT2D eigenvalue weighted by Gasteiger charge is 2.27. The largest absolute Gasteiger partial charge is 0.337 e. The van der Waals surface area contributed by atoms with Gasteiger partial charge in [0.1, 0.15) is 5.82 Å². The number of nitrogens with one attached hydrogen (secondary N) is 1. The summed E-state index contributed by atoms with van der Waals surface area (Å²) < 4.78 is 3.21. The van der Waals surface area contributed by atoms with Crippen LogP contribution in [-0.2, 0) is 13.6 Å². The van der Waals surface area contributed by atoms with Gasteiger partial charge in [0.05, 0.1) is 11.6 Å². The van der Waals surface area contributed by atoms with Gasteiger partial charge in [0, 0.05) is 61.7 Å². The number of hydrogen-bond donors (Lipinski definition) is 1. The Kier molecular flexibility index (Phi) is 4.35. The second-order valence-corrected chi connectivity index (χ2v) is 7.14. The highest BCUT2D eigenvalue weighted by atomic mass is 79.9. The third kappa shape index (κ3) is 2.97. The molecule has 0 spiro atoms. The van der Waals surface area contributed by atoms with Crippen LogP contribution >= 0.6 is 15.9 Å². The number of hydrogen-bond acceptors (Lipinski definition) is 4. The summed E-state index contributed by atoms with van der Waals surface area (Å²) in [5.74, 6) is 1.11. The SMILES string of the molecule is Cn1ccnc1C1CNCCN1Cc1cc(Br)cc2cccnc12. The molecule has 0 saturated carbocycles. The van der Waals surface area contributed by atoms with E-state index in [0.717, 1.165) is 42.0 Å². The summed E-state index contributed by atoms with van der Waals surface area (Å²) in [6, 6.07) is 8.69. The van der Waals surface area contributed by atoms with Crippen LogP contribution in [0, 0.1) is 0 Å². The normalized spacial score (nSPS) is 19.0. The number of halogens is 1. The predicted octanol–water partition coefficient (Wildman–Crippen LogP) is 2.88. The lowest BCUT2D eigenvalue weighted by Gasteiger charge is -2.35. The topological polar surface area (TPSA) is 46.0 Å². The maximum absolute atomic E-state index is 4.61. The minimum Gasteiger partial charge on any atom is -0.337 e. The average molecular weight is 386 g/mol. The van der Waals surface area contributed by atoms with E-state index in [1.165, 1.54) is 10.9 Å². The molecule has 2 aromatic heterocycles. The first kappa shape index (κ1) is 15.7. The van der Waals surface area contributed by atoms with Crippen LogP contribution in [0.15, 0.2) is 47.3 Å². The fourth-order valence-electron chi connectivity index (χ4n) is 3.46. The Morgan fingerprint density at radius 3 is 3.04 bits per heavy atom. The van der Waals surface area contributed by atoms with E-state index in [0.29, 0.717) is 0 Å². The third-order valence-corrected chi connectivity index (χ3v) is 5.09. The van der Waals surface area contributed by atoms with Crippen molar-refractivity contribution in [1.82, 2.24) is 24.8 Å². The zero-order chi connectivity index (χ0) is 16.5. The van der Waals surface area contributed by atoms with Gasteiger partial charge in [0.15, 0.2) is 0 Å². The van der Waals surface area contributed by atoms with Gasteiger partial charge in [0.25, 0.3) is 0 Å². The Morgan fingerprint density at radius 1 is 1.29 bits per heavy atom. The molecule has 1 aliphatic rings. The number of piperazine rings is 1. The molecule has 1 saturated heterocycles. The van der Waals surface area contributed by atoms with Crippen molar-refractivity contribution in [1.29, 1.82) is 0 Å². The first-order valence-corrected chi connectivity index (χ1v) is 8.97. The molecule has 0 aliphatic carbocycles. The van der Waals surface area contributed by atoms with Crippen molar-refractivity contribution < 1.29 is 0 Å². The van der Waals surface area contributed by atoms with E-state index in [2.05, 4.69) is 65.9 Å². The minimum absolute atomic E-state index is 0.275. The maximum atomic E-state index is 4.61. The van der Waals surface area contributed by atoms with Gasteiger partial charge in [-0.2, -0.15) is 0 Å². The molecule has 0 radical (unpaired) electrons. The van der Waals surface area contributed by atoms with Crippen molar-refractivity contribution in [3.05, 3.63) is 58.7 Å². The second-order valence-electron chi connectivity index (χ2n) is 6.23. The van der Waals surface area contributed by atoms with Crippen LogP contribution in [0.2, 0.25) is 0 Å². The van der Waals surface area contributed by atoms with Crippen LogP contribution in [-0.4, -0.2) is 39.1 Å². The molecule has 1 aliphatic heterocycles. The molecule has 3 aromatic rings. The highest BCUT2D eigenvalue weighted by molar-refractivity contribution is 9.10. The Balaban J connectivity index is 1.70. The molecule has 6 heteroatoms. The number of nitrogens with zero attached hydrogens (tertiary/aromatic N) is 4. The van der Waals surface area contributed by atoms with Gasteiger partial charge in [-0.25, -0.2) is 4.98 Å². The lowest BCUT2D eigenvalue weighted by atomic mass is 10.1. The number of pyridine rings is 1. The number of fused-ring (bicyclic) bond motifs is 1. The van der Waals surface area contributed by atoms with E-state index in [1.807, 2.05) is 24.7 Å². The molecular weight excluding hydrogens is 366 g/mol. The minimum atomic E-state index is 0.275. The van der Waals surface area contributed by atoms with Crippen molar-refractivity contribution in [3.8, 4) is 0 Å². The summed E-state index contributed by atoms with van der Waals surface area (Å²) in [6.07, 6.45) is 5.75. The van der Waals surface area contributed by atoms with Crippen LogP contribution in [0.5, 0.6) is 0 Å². The molecule has 4 rings (SSSR count). The molecule has 124 valence electrons. The van der Waals surface area contributed by atoms with Gasteiger partial charge in [-0.05, 0) is 23.8 Å². The molecule has 1 N–H and O–H groups in total. The molecule has 5 nitrogen and oxygen atoms in total. The Labute approximate surface area is 149 Å². The number of aromatic nitrogens is 3. The smallest absolute Gasteiger partial charge is 0.127 e. The Morgan fingerprint density at radius 2 is 2.21 bits per heavy atom. The molecule has 1 fully saturated rings. The maximum Gasteiger partial charge on any atom is 0.127 e. The molecule has 24 heavy (non-hydrogen) atoms. The molecule has 0 bridgehead atoms. The Hall–Kier alpha value is -1.76. The van der Waals surface area contributed by atoms with Crippen LogP contribution in [0.1, 0.15) is 17.4 Å². The standard InChI is InChI=1S/C18H20BrN5/c1-23-7-6-22-18(23)16-11-20-5-8-24(16)12-14-10-15(19)9-13-3-2-4-21-17(13)14/h2-4,6-7,9-10,16,20H,5,8,11-12H2,1H3. The van der Waals surface area contributed by atoms with Crippen molar-refractivity contribution in [2.75, 3.05) is 19.6 Å². The molecular formula is C18H20BrN5. The van der Waals surface area contributed by atoms with E-state index < -0.39 is 0 Å². The van der Waals surface area contributed by atoms with Crippen molar-refractivity contribution in [2.24, 2.45) is 7.05 Å². The molecule has 1 unspecified atom stereocenters. The van der Waals surface area contributed by atoms with Gasteiger partial charge in [-0.3, -0.25) is 9.88 Å². The molecule has 0 amide bonds. The van der Waals surface area contributed by atoms with Crippen LogP contribution < -0.4 is 5.32 Å². The van der Waals surface area contributed by atoms with E-state index in [9.17, 15) is 0 Å². The van der Waals surface area contributed by atoms with Crippen molar-refractivity contribution in [3.63, 3.8) is 0 Å². The van der Waals surface area contributed by atoms with Crippen molar-refractivity contribution >= 4 is 26.8 Å². The lowest BCUT2D eigenvalue weighted by molar-refractivity contribution is 0.145. The fraction of sp³-hybridized carbons (Fsp3) is 0.333. The van der Waals surface area contributed by atoms with Gasteiger partial charge < -0.3 is 9.88 Å². The first-order chi connectivity index (χ1) is 11.7. The molecule has 1 atom stereocenters. The van der Waals surface area contributed by atoms with E-state index in [1.54, 1.807) is 0 Å². The van der Waals surface area contributed by atoms with Crippen LogP contribution in [0.3, 0.4) is 0 Å². The number of benzene rings is 1. The highest BCUT2D eigenvalue weighted by Crippen LogP contribution is 2.27. The predicted molar refractivity (Wildman–Crippen MR) is 98.7 cm³/mol. The quantitative estimate of drug-likeness (QED) is 0.752. The van der Waals surface area contributed by atoms with E-state index in [-0.39, 0.29) is 6.04 Å². The lowest BCUT2D eigenvalue weighted by Crippen LogP contribution is -2.46. The first-order valence-electron chi connectivity index (χ1n) is 8.17. The van der Waals surface area contributed by atoms with Gasteiger partial charge in [-0.15, -0.1) is 0 Å². The van der Waals surface area contributed by atoms with Gasteiger partial charge in [-0.1, -0.05) is 22.0 Å². The molecule has 1 aromatic carbocycles. The second kappa shape index (κ2) is 6.63. The Bertz CT molecular complexity index is 859. The summed E-state index contributed by atoms with van der Waals surface area (Å²) in [4.78, 5) is 11.7. The van der Waals surface area contributed by atoms with Crippen molar-refractivity contribution in [2.45, 2.75) is 12.6 Å². The monoisotopic (exact) mass is 385 g/mol. The van der Waals surface area contributed by atoms with E-state index >= 15 is 0 Å². The third-order valence-electron chi connectivity index (χ3n) is 4.63. The number of aryl methyl sites for hydroxylation is 1. The van der Waals surface area contributed by atoms with Crippen LogP contribution in [0.4, 0.5) is 0 Å².